The molecule has 13 heteroatoms. The van der Waals surface area contributed by atoms with E-state index in [1.54, 1.807) is 14.2 Å². The van der Waals surface area contributed by atoms with Crippen molar-refractivity contribution in [2.24, 2.45) is 5.92 Å². The minimum Gasteiger partial charge on any atom is -0.467 e. The second kappa shape index (κ2) is 16.1. The van der Waals surface area contributed by atoms with Crippen molar-refractivity contribution in [2.45, 2.75) is 76.5 Å². The van der Waals surface area contributed by atoms with Gasteiger partial charge in [-0.25, -0.2) is 8.78 Å². The number of hydrogen-bond acceptors (Lipinski definition) is 10. The molecule has 4 aliphatic heterocycles. The van der Waals surface area contributed by atoms with Crippen LogP contribution >= 0.6 is 0 Å². The molecule has 0 radical (unpaired) electrons. The Morgan fingerprint density at radius 1 is 1.08 bits per heavy atom. The molecule has 5 heterocycles. The Hall–Kier alpha value is -3.81. The quantitative estimate of drug-likeness (QED) is 0.237. The van der Waals surface area contributed by atoms with E-state index < -0.39 is 6.17 Å². The highest BCUT2D eigenvalue weighted by atomic mass is 19.1. The lowest BCUT2D eigenvalue weighted by molar-refractivity contribution is -0.125. The third kappa shape index (κ3) is 7.63. The summed E-state index contributed by atoms with van der Waals surface area (Å²) in [5, 5.41) is 4.39. The van der Waals surface area contributed by atoms with Crippen molar-refractivity contribution in [1.82, 2.24) is 20.2 Å². The number of nitrogens with zero attached hydrogens (tertiary/aromatic N) is 5. The number of nitrogens with one attached hydrogen (secondary N) is 1. The van der Waals surface area contributed by atoms with Crippen LogP contribution in [0.3, 0.4) is 0 Å². The van der Waals surface area contributed by atoms with Crippen molar-refractivity contribution in [2.75, 3.05) is 83.3 Å². The van der Waals surface area contributed by atoms with Gasteiger partial charge in [-0.2, -0.15) is 9.97 Å². The Bertz CT molecular complexity index is 1750. The van der Waals surface area contributed by atoms with Crippen LogP contribution in [0.5, 0.6) is 11.8 Å². The molecular formula is C39H52F2N6O5. The number of carbonyl (C=O) groups excluding carboxylic acids is 1. The number of amides is 1. The van der Waals surface area contributed by atoms with Crippen molar-refractivity contribution < 1.29 is 32.5 Å². The first kappa shape index (κ1) is 36.5. The van der Waals surface area contributed by atoms with Gasteiger partial charge >= 0.3 is 6.01 Å². The number of ether oxygens (including phenoxy) is 4. The SMILES string of the molecule is CCc1c(F)ccc2cc(OCOC)cc(N3CCc4c(nc(OC[C@@]56CCCN5C[C@H](F)C6)nc4N4CCCCC(COCC(=O)NC)C4)C3)c12. The number of fused-ring (bicyclic) bond motifs is 3. The van der Waals surface area contributed by atoms with E-state index >= 15 is 4.39 Å². The summed E-state index contributed by atoms with van der Waals surface area (Å²) in [7, 11) is 3.20. The van der Waals surface area contributed by atoms with E-state index in [-0.39, 0.29) is 36.6 Å². The van der Waals surface area contributed by atoms with Crippen molar-refractivity contribution >= 4 is 28.2 Å². The summed E-state index contributed by atoms with van der Waals surface area (Å²) in [6, 6.07) is 7.55. The van der Waals surface area contributed by atoms with Gasteiger partial charge in [-0.15, -0.1) is 0 Å². The molecule has 1 aromatic heterocycles. The molecule has 7 rings (SSSR count). The van der Waals surface area contributed by atoms with Crippen LogP contribution in [0, 0.1) is 11.7 Å². The van der Waals surface area contributed by atoms with Crippen LogP contribution in [0.4, 0.5) is 20.3 Å². The van der Waals surface area contributed by atoms with Crippen molar-refractivity contribution in [3.63, 3.8) is 0 Å². The molecule has 3 aromatic rings. The highest BCUT2D eigenvalue weighted by Gasteiger charge is 2.49. The molecule has 3 fully saturated rings. The van der Waals surface area contributed by atoms with Crippen molar-refractivity contribution in [1.29, 1.82) is 0 Å². The fraction of sp³-hybridized carbons (Fsp3) is 0.615. The monoisotopic (exact) mass is 722 g/mol. The number of aryl methyl sites for hydroxylation is 1. The van der Waals surface area contributed by atoms with Gasteiger partial charge in [0.15, 0.2) is 6.79 Å². The van der Waals surface area contributed by atoms with Gasteiger partial charge in [-0.1, -0.05) is 19.4 Å². The average Bonchev–Trinajstić information content (AvgIpc) is 3.57. The van der Waals surface area contributed by atoms with Crippen molar-refractivity contribution in [3.8, 4) is 11.8 Å². The van der Waals surface area contributed by atoms with Gasteiger partial charge in [0.05, 0.1) is 24.4 Å². The van der Waals surface area contributed by atoms with E-state index in [1.165, 1.54) is 6.07 Å². The van der Waals surface area contributed by atoms with Gasteiger partial charge in [0.2, 0.25) is 5.91 Å². The Balaban J connectivity index is 1.23. The maximum atomic E-state index is 15.3. The second-order valence-corrected chi connectivity index (χ2v) is 14.8. The summed E-state index contributed by atoms with van der Waals surface area (Å²) in [5.74, 6) is 1.39. The Labute approximate surface area is 304 Å². The zero-order chi connectivity index (χ0) is 36.2. The Morgan fingerprint density at radius 2 is 1.96 bits per heavy atom. The second-order valence-electron chi connectivity index (χ2n) is 14.8. The van der Waals surface area contributed by atoms with Gasteiger partial charge in [0.25, 0.3) is 0 Å². The Kier molecular flexibility index (Phi) is 11.3. The first-order chi connectivity index (χ1) is 25.3. The van der Waals surface area contributed by atoms with Crippen LogP contribution < -0.4 is 24.6 Å². The molecule has 1 unspecified atom stereocenters. The number of methoxy groups -OCH3 is 1. The molecule has 1 N–H and O–H groups in total. The van der Waals surface area contributed by atoms with E-state index in [4.69, 9.17) is 28.9 Å². The number of likely N-dealkylation sites (N-methyl/N-ethyl adjacent to an activating group) is 1. The summed E-state index contributed by atoms with van der Waals surface area (Å²) in [6.45, 7) is 7.00. The number of hydrogen-bond donors (Lipinski definition) is 1. The number of alkyl halides is 1. The molecule has 4 aliphatic rings. The predicted octanol–water partition coefficient (Wildman–Crippen LogP) is 5.20. The predicted molar refractivity (Wildman–Crippen MR) is 196 cm³/mol. The van der Waals surface area contributed by atoms with Crippen LogP contribution in [0.25, 0.3) is 10.8 Å². The smallest absolute Gasteiger partial charge is 0.318 e. The number of anilines is 2. The minimum absolute atomic E-state index is 0.0399. The highest BCUT2D eigenvalue weighted by molar-refractivity contribution is 5.98. The van der Waals surface area contributed by atoms with Crippen LogP contribution in [-0.2, 0) is 33.7 Å². The standard InChI is InChI=1S/C39H52F2N6O5/c1-4-30-32(41)10-9-27-16-29(52-25-49-3)17-34(36(27)30)45-15-11-31-33(21-45)43-38(51-24-39-12-7-14-47(39)20-28(40)18-39)44-37(31)46-13-6-5-8-26(19-46)22-50-23-35(48)42-2/h9-10,16-17,26,28H,4-8,11-15,18-25H2,1-3H3,(H,42,48)/t26?,28-,39+/m1/s1. The molecule has 52 heavy (non-hydrogen) atoms. The fourth-order valence-corrected chi connectivity index (χ4v) is 8.79. The zero-order valence-corrected chi connectivity index (χ0v) is 30.7. The molecule has 282 valence electrons. The lowest BCUT2D eigenvalue weighted by Crippen LogP contribution is -2.43. The number of benzene rings is 2. The maximum Gasteiger partial charge on any atom is 0.318 e. The van der Waals surface area contributed by atoms with E-state index in [1.807, 2.05) is 25.1 Å². The number of aromatic nitrogens is 2. The highest BCUT2D eigenvalue weighted by Crippen LogP contribution is 2.42. The van der Waals surface area contributed by atoms with Crippen molar-refractivity contribution in [3.05, 3.63) is 46.9 Å². The van der Waals surface area contributed by atoms with E-state index in [2.05, 4.69) is 20.0 Å². The first-order valence-corrected chi connectivity index (χ1v) is 18.9. The topological polar surface area (TPSA) is 102 Å². The molecule has 0 aliphatic carbocycles. The summed E-state index contributed by atoms with van der Waals surface area (Å²) >= 11 is 0. The van der Waals surface area contributed by atoms with Gasteiger partial charge in [-0.05, 0) is 74.1 Å². The third-order valence-corrected chi connectivity index (χ3v) is 11.3. The molecule has 3 saturated heterocycles. The molecule has 0 bridgehead atoms. The molecule has 1 amide bonds. The summed E-state index contributed by atoms with van der Waals surface area (Å²) in [5.41, 5.74) is 3.17. The van der Waals surface area contributed by atoms with Crippen LogP contribution in [0.2, 0.25) is 0 Å². The lowest BCUT2D eigenvalue weighted by Gasteiger charge is -2.35. The molecule has 0 saturated carbocycles. The normalized spacial score (nSPS) is 23.4. The first-order valence-electron chi connectivity index (χ1n) is 18.9. The van der Waals surface area contributed by atoms with E-state index in [0.29, 0.717) is 69.4 Å². The molecular weight excluding hydrogens is 670 g/mol. The summed E-state index contributed by atoms with van der Waals surface area (Å²) in [6.07, 6.45) is 5.83. The molecule has 11 nitrogen and oxygen atoms in total. The van der Waals surface area contributed by atoms with Crippen LogP contribution in [-0.4, -0.2) is 106 Å². The summed E-state index contributed by atoms with van der Waals surface area (Å²) < 4.78 is 53.4. The van der Waals surface area contributed by atoms with Gasteiger partial charge in [0, 0.05) is 69.5 Å². The fourth-order valence-electron chi connectivity index (χ4n) is 8.79. The summed E-state index contributed by atoms with van der Waals surface area (Å²) in [4.78, 5) is 28.8. The van der Waals surface area contributed by atoms with Gasteiger partial charge < -0.3 is 34.1 Å². The minimum atomic E-state index is -0.853. The largest absolute Gasteiger partial charge is 0.467 e. The number of rotatable bonds is 13. The van der Waals surface area contributed by atoms with Gasteiger partial charge in [0.1, 0.15) is 36.8 Å². The molecule has 0 spiro atoms. The van der Waals surface area contributed by atoms with Crippen LogP contribution in [0.15, 0.2) is 24.3 Å². The van der Waals surface area contributed by atoms with Gasteiger partial charge in [-0.3, -0.25) is 9.69 Å². The Morgan fingerprint density at radius 3 is 2.79 bits per heavy atom. The number of carbonyl (C=O) groups is 1. The third-order valence-electron chi connectivity index (χ3n) is 11.3. The maximum absolute atomic E-state index is 15.3. The molecule has 3 atom stereocenters. The molecule has 2 aromatic carbocycles. The zero-order valence-electron chi connectivity index (χ0n) is 30.7. The number of halogens is 2. The average molecular weight is 723 g/mol. The lowest BCUT2D eigenvalue weighted by atomic mass is 9.95. The van der Waals surface area contributed by atoms with Crippen LogP contribution in [0.1, 0.15) is 62.3 Å². The van der Waals surface area contributed by atoms with E-state index in [0.717, 1.165) is 85.3 Å². The van der Waals surface area contributed by atoms with E-state index in [9.17, 15) is 9.18 Å².